The van der Waals surface area contributed by atoms with Crippen LogP contribution in [0.25, 0.3) is 0 Å². The van der Waals surface area contributed by atoms with E-state index in [1.807, 2.05) is 0 Å². The molecule has 2 atom stereocenters. The molecule has 1 radical (unpaired) electrons. The van der Waals surface area contributed by atoms with Crippen LogP contribution in [-0.2, 0) is 42.3 Å². The van der Waals surface area contributed by atoms with Crippen molar-refractivity contribution in [3.8, 4) is 0 Å². The first kappa shape index (κ1) is 20.8. The molecule has 0 heterocycles. The van der Waals surface area contributed by atoms with Gasteiger partial charge in [0.15, 0.2) is 0 Å². The van der Waals surface area contributed by atoms with Crippen molar-refractivity contribution in [2.75, 3.05) is 0 Å². The molecule has 0 fully saturated rings. The summed E-state index contributed by atoms with van der Waals surface area (Å²) in [6.07, 6.45) is 4.68. The molecule has 3 heteroatoms. The van der Waals surface area contributed by atoms with Crippen molar-refractivity contribution in [2.45, 2.75) is 48.0 Å². The van der Waals surface area contributed by atoms with E-state index in [0.29, 0.717) is 5.41 Å². The number of hydrogen-bond acceptors (Lipinski definition) is 2. The molecule has 15 heavy (non-hydrogen) atoms. The van der Waals surface area contributed by atoms with E-state index in [-0.39, 0.29) is 44.5 Å². The third-order valence-corrected chi connectivity index (χ3v) is 2.18. The van der Waals surface area contributed by atoms with Gasteiger partial charge in [-0.3, -0.25) is 12.6 Å². The second-order valence-corrected chi connectivity index (χ2v) is 4.73. The van der Waals surface area contributed by atoms with Gasteiger partial charge in [0.2, 0.25) is 0 Å². The molecule has 0 aromatic rings. The molecule has 0 saturated heterocycles. The molecule has 0 saturated carbocycles. The van der Waals surface area contributed by atoms with Crippen molar-refractivity contribution in [2.24, 2.45) is 17.3 Å². The quantitative estimate of drug-likeness (QED) is 0.748. The van der Waals surface area contributed by atoms with Crippen LogP contribution in [0.5, 0.6) is 0 Å². The molecule has 0 aliphatic rings. The van der Waals surface area contributed by atoms with Gasteiger partial charge in [-0.25, -0.2) is 0 Å². The fourth-order valence-corrected chi connectivity index (χ4v) is 0.204. The zero-order chi connectivity index (χ0) is 11.8. The molecule has 0 spiro atoms. The first-order valence-electron chi connectivity index (χ1n) is 5.03. The molecule has 0 aliphatic heterocycles. The van der Waals surface area contributed by atoms with E-state index in [2.05, 4.69) is 27.7 Å². The molecular weight excluding hydrogens is 265 g/mol. The summed E-state index contributed by atoms with van der Waals surface area (Å²) >= 11 is 0. The maximum atomic E-state index is 9.80. The van der Waals surface area contributed by atoms with Crippen LogP contribution < -0.4 is 0 Å². The Balaban J connectivity index is -0.000000187. The summed E-state index contributed by atoms with van der Waals surface area (Å²) in [6.45, 7) is 12.2. The Bertz CT molecular complexity index is 149. The second kappa shape index (κ2) is 10.9. The fraction of sp³-hybridized carbons (Fsp3) is 0.833. The standard InChI is InChI=1S/C6H8O2.C6H14.Y/c1-5(3-7)6(2)4-8;1-5-6(2,3)4;/h5-6H,1-2H3;5H2,1-4H3;/q-2;;. The van der Waals surface area contributed by atoms with Crippen LogP contribution in [0.3, 0.4) is 0 Å². The van der Waals surface area contributed by atoms with E-state index in [9.17, 15) is 9.59 Å². The number of rotatable bonds is 3. The van der Waals surface area contributed by atoms with Crippen molar-refractivity contribution in [3.05, 3.63) is 0 Å². The SMILES string of the molecule is CC([C-]=O)C(C)[C-]=O.CCC(C)(C)C.[Y]. The topological polar surface area (TPSA) is 34.1 Å². The van der Waals surface area contributed by atoms with Crippen LogP contribution in [-0.4, -0.2) is 12.6 Å². The van der Waals surface area contributed by atoms with Crippen molar-refractivity contribution >= 4 is 12.6 Å². The minimum atomic E-state index is -0.313. The minimum Gasteiger partial charge on any atom is -0.542 e. The molecule has 2 nitrogen and oxygen atoms in total. The summed E-state index contributed by atoms with van der Waals surface area (Å²) in [5.41, 5.74) is 0.542. The zero-order valence-corrected chi connectivity index (χ0v) is 13.6. The number of hydrogen-bond donors (Lipinski definition) is 0. The fourth-order valence-electron chi connectivity index (χ4n) is 0.204. The molecule has 87 valence electrons. The Labute approximate surface area is 119 Å². The van der Waals surface area contributed by atoms with Gasteiger partial charge in [-0.2, -0.15) is 11.8 Å². The van der Waals surface area contributed by atoms with Gasteiger partial charge in [0, 0.05) is 32.7 Å². The monoisotopic (exact) mass is 287 g/mol. The van der Waals surface area contributed by atoms with Crippen LogP contribution in [0.1, 0.15) is 48.0 Å². The average molecular weight is 287 g/mol. The van der Waals surface area contributed by atoms with E-state index < -0.39 is 0 Å². The van der Waals surface area contributed by atoms with Gasteiger partial charge in [0.05, 0.1) is 0 Å². The van der Waals surface area contributed by atoms with Crippen molar-refractivity contribution < 1.29 is 42.3 Å². The van der Waals surface area contributed by atoms with Crippen molar-refractivity contribution in [1.29, 1.82) is 0 Å². The van der Waals surface area contributed by atoms with Crippen LogP contribution in [0.2, 0.25) is 0 Å². The molecule has 0 aliphatic carbocycles. The Morgan fingerprint density at radius 3 is 1.27 bits per heavy atom. The van der Waals surface area contributed by atoms with Crippen LogP contribution >= 0.6 is 0 Å². The summed E-state index contributed by atoms with van der Waals surface area (Å²) in [7, 11) is 0. The van der Waals surface area contributed by atoms with Gasteiger partial charge in [0.1, 0.15) is 0 Å². The Hall–Kier alpha value is 0.444. The third-order valence-electron chi connectivity index (χ3n) is 2.18. The van der Waals surface area contributed by atoms with E-state index in [1.165, 1.54) is 6.42 Å². The molecule has 0 aromatic carbocycles. The molecule has 0 amide bonds. The van der Waals surface area contributed by atoms with Crippen molar-refractivity contribution in [1.82, 2.24) is 0 Å². The van der Waals surface area contributed by atoms with Gasteiger partial charge in [-0.15, -0.1) is 0 Å². The maximum Gasteiger partial charge on any atom is 0 e. The minimum absolute atomic E-state index is 0. The maximum absolute atomic E-state index is 9.80. The smallest absolute Gasteiger partial charge is 0 e. The Kier molecular flexibility index (Phi) is 15.2. The van der Waals surface area contributed by atoms with Gasteiger partial charge in [0.25, 0.3) is 0 Å². The summed E-state index contributed by atoms with van der Waals surface area (Å²) in [4.78, 5) is 19.6. The third kappa shape index (κ3) is 17.1. The van der Waals surface area contributed by atoms with Gasteiger partial charge >= 0.3 is 0 Å². The van der Waals surface area contributed by atoms with Crippen LogP contribution in [0.4, 0.5) is 0 Å². The largest absolute Gasteiger partial charge is 0.542 e. The van der Waals surface area contributed by atoms with E-state index in [4.69, 9.17) is 0 Å². The second-order valence-electron chi connectivity index (χ2n) is 4.73. The predicted molar refractivity (Wildman–Crippen MR) is 59.5 cm³/mol. The van der Waals surface area contributed by atoms with E-state index >= 15 is 0 Å². The first-order valence-corrected chi connectivity index (χ1v) is 5.03. The molecule has 2 unspecified atom stereocenters. The molecule has 0 aromatic heterocycles. The Morgan fingerprint density at radius 2 is 1.20 bits per heavy atom. The predicted octanol–water partition coefficient (Wildman–Crippen LogP) is 2.92. The van der Waals surface area contributed by atoms with Crippen LogP contribution in [0.15, 0.2) is 0 Å². The van der Waals surface area contributed by atoms with Gasteiger partial charge < -0.3 is 9.59 Å². The first-order chi connectivity index (χ1) is 6.28. The Morgan fingerprint density at radius 1 is 1.00 bits per heavy atom. The summed E-state index contributed by atoms with van der Waals surface area (Å²) in [5, 5.41) is 0. The normalized spacial score (nSPS) is 13.7. The molecule has 0 rings (SSSR count). The van der Waals surface area contributed by atoms with E-state index in [0.717, 1.165) is 0 Å². The molecular formula is C12H22O2Y-2. The summed E-state index contributed by atoms with van der Waals surface area (Å²) in [5.74, 6) is -0.625. The van der Waals surface area contributed by atoms with Crippen LogP contribution in [0, 0.1) is 17.3 Å². The molecule has 0 N–H and O–H groups in total. The zero-order valence-electron chi connectivity index (χ0n) is 10.8. The van der Waals surface area contributed by atoms with Gasteiger partial charge in [-0.05, 0) is 5.41 Å². The summed E-state index contributed by atoms with van der Waals surface area (Å²) in [6, 6.07) is 0. The average Bonchev–Trinajstić information content (AvgIpc) is 2.15. The number of carbonyl (C=O) groups excluding carboxylic acids is 2. The van der Waals surface area contributed by atoms with Gasteiger partial charge in [-0.1, -0.05) is 48.0 Å². The van der Waals surface area contributed by atoms with Crippen molar-refractivity contribution in [3.63, 3.8) is 0 Å². The van der Waals surface area contributed by atoms with E-state index in [1.54, 1.807) is 26.4 Å². The molecule has 0 bridgehead atoms. The summed E-state index contributed by atoms with van der Waals surface area (Å²) < 4.78 is 0.